The van der Waals surface area contributed by atoms with E-state index in [9.17, 15) is 4.79 Å². The van der Waals surface area contributed by atoms with Gasteiger partial charge in [-0.1, -0.05) is 6.07 Å². The van der Waals surface area contributed by atoms with Crippen molar-refractivity contribution < 1.29 is 9.53 Å². The number of rotatable bonds is 2. The maximum atomic E-state index is 12.4. The molecule has 1 aromatic heterocycles. The number of nitriles is 1. The third-order valence-corrected chi connectivity index (χ3v) is 4.85. The van der Waals surface area contributed by atoms with Crippen molar-refractivity contribution in [3.8, 4) is 11.8 Å². The van der Waals surface area contributed by atoms with Crippen LogP contribution in [-0.2, 0) is 13.0 Å². The van der Waals surface area contributed by atoms with E-state index in [0.29, 0.717) is 41.5 Å². The minimum Gasteiger partial charge on any atom is -0.497 e. The second-order valence-corrected chi connectivity index (χ2v) is 6.33. The van der Waals surface area contributed by atoms with Gasteiger partial charge in [0, 0.05) is 23.2 Å². The van der Waals surface area contributed by atoms with Crippen LogP contribution in [0, 0.1) is 11.3 Å². The highest BCUT2D eigenvalue weighted by Crippen LogP contribution is 2.34. The molecule has 0 bridgehead atoms. The molecular weight excluding hydrogens is 312 g/mol. The number of urea groups is 1. The normalized spacial score (nSPS) is 13.1. The first-order valence-electron chi connectivity index (χ1n) is 7.12. The Labute approximate surface area is 138 Å². The van der Waals surface area contributed by atoms with Crippen LogP contribution in [0.5, 0.6) is 5.75 Å². The molecule has 7 heteroatoms. The van der Waals surface area contributed by atoms with E-state index in [1.807, 2.05) is 18.2 Å². The molecule has 0 aliphatic carbocycles. The average Bonchev–Trinajstić information content (AvgIpc) is 2.89. The molecule has 118 valence electrons. The Bertz CT molecular complexity index is 794. The first-order chi connectivity index (χ1) is 11.1. The van der Waals surface area contributed by atoms with Crippen LogP contribution in [-0.4, -0.2) is 24.6 Å². The molecule has 0 fully saturated rings. The molecule has 0 saturated carbocycles. The molecule has 1 aliphatic heterocycles. The largest absolute Gasteiger partial charge is 0.497 e. The molecule has 6 nitrogen and oxygen atoms in total. The van der Waals surface area contributed by atoms with Crippen LogP contribution in [0.15, 0.2) is 24.3 Å². The zero-order valence-electron chi connectivity index (χ0n) is 12.6. The van der Waals surface area contributed by atoms with Crippen molar-refractivity contribution in [2.75, 3.05) is 24.7 Å². The zero-order chi connectivity index (χ0) is 16.4. The number of nitrogens with one attached hydrogen (secondary N) is 1. The van der Waals surface area contributed by atoms with Crippen molar-refractivity contribution in [3.63, 3.8) is 0 Å². The molecule has 0 unspecified atom stereocenters. The standard InChI is InChI=1S/C16H16N4O2S/c1-22-11-4-2-3-10(7-11)19-16(21)20-6-5-12-13(8-17)15(18)23-14(12)9-20/h2-4,7H,5-6,9,18H2,1H3,(H,19,21). The highest BCUT2D eigenvalue weighted by molar-refractivity contribution is 7.16. The number of carbonyl (C=O) groups is 1. The molecular formula is C16H16N4O2S. The summed E-state index contributed by atoms with van der Waals surface area (Å²) in [6.45, 7) is 1.04. The summed E-state index contributed by atoms with van der Waals surface area (Å²) in [5.74, 6) is 0.688. The summed E-state index contributed by atoms with van der Waals surface area (Å²) in [5.41, 5.74) is 8.11. The van der Waals surface area contributed by atoms with Crippen molar-refractivity contribution in [2.24, 2.45) is 0 Å². The Balaban J connectivity index is 1.73. The van der Waals surface area contributed by atoms with Crippen molar-refractivity contribution in [1.29, 1.82) is 5.26 Å². The van der Waals surface area contributed by atoms with Gasteiger partial charge in [-0.3, -0.25) is 0 Å². The minimum absolute atomic E-state index is 0.172. The second kappa shape index (κ2) is 6.18. The van der Waals surface area contributed by atoms with Crippen molar-refractivity contribution in [3.05, 3.63) is 40.3 Å². The lowest BCUT2D eigenvalue weighted by atomic mass is 10.0. The maximum Gasteiger partial charge on any atom is 0.322 e. The van der Waals surface area contributed by atoms with Gasteiger partial charge in [0.25, 0.3) is 0 Å². The van der Waals surface area contributed by atoms with E-state index in [2.05, 4.69) is 11.4 Å². The Kier molecular flexibility index (Phi) is 4.08. The van der Waals surface area contributed by atoms with Gasteiger partial charge < -0.3 is 20.7 Å². The predicted molar refractivity (Wildman–Crippen MR) is 89.6 cm³/mol. The quantitative estimate of drug-likeness (QED) is 0.887. The zero-order valence-corrected chi connectivity index (χ0v) is 13.4. The highest BCUT2D eigenvalue weighted by Gasteiger charge is 2.26. The molecule has 0 radical (unpaired) electrons. The molecule has 0 spiro atoms. The number of carbonyl (C=O) groups excluding carboxylic acids is 1. The van der Waals surface area contributed by atoms with Crippen molar-refractivity contribution in [1.82, 2.24) is 4.90 Å². The summed E-state index contributed by atoms with van der Waals surface area (Å²) < 4.78 is 5.15. The van der Waals surface area contributed by atoms with E-state index in [-0.39, 0.29) is 6.03 Å². The summed E-state index contributed by atoms with van der Waals surface area (Å²) in [6, 6.07) is 9.20. The Morgan fingerprint density at radius 2 is 2.35 bits per heavy atom. The van der Waals surface area contributed by atoms with Crippen LogP contribution in [0.25, 0.3) is 0 Å². The van der Waals surface area contributed by atoms with E-state index in [4.69, 9.17) is 15.7 Å². The summed E-state index contributed by atoms with van der Waals surface area (Å²) in [5, 5.41) is 12.6. The first kappa shape index (κ1) is 15.2. The van der Waals surface area contributed by atoms with Crippen LogP contribution < -0.4 is 15.8 Å². The average molecular weight is 328 g/mol. The van der Waals surface area contributed by atoms with Gasteiger partial charge in [0.1, 0.15) is 16.8 Å². The molecule has 1 aromatic carbocycles. The summed E-state index contributed by atoms with van der Waals surface area (Å²) >= 11 is 1.39. The lowest BCUT2D eigenvalue weighted by molar-refractivity contribution is 0.207. The summed E-state index contributed by atoms with van der Waals surface area (Å²) in [6.07, 6.45) is 0.650. The van der Waals surface area contributed by atoms with Crippen molar-refractivity contribution >= 4 is 28.1 Å². The lowest BCUT2D eigenvalue weighted by Gasteiger charge is -2.27. The fourth-order valence-electron chi connectivity index (χ4n) is 2.62. The van der Waals surface area contributed by atoms with Crippen LogP contribution in [0.2, 0.25) is 0 Å². The number of anilines is 2. The van der Waals surface area contributed by atoms with Gasteiger partial charge in [0.05, 0.1) is 19.2 Å². The van der Waals surface area contributed by atoms with Crippen LogP contribution in [0.1, 0.15) is 16.0 Å². The van der Waals surface area contributed by atoms with E-state index in [0.717, 1.165) is 10.4 Å². The SMILES string of the molecule is COc1cccc(NC(=O)N2CCc3c(sc(N)c3C#N)C2)c1. The van der Waals surface area contributed by atoms with Gasteiger partial charge in [-0.25, -0.2) is 4.79 Å². The molecule has 23 heavy (non-hydrogen) atoms. The number of ether oxygens (including phenoxy) is 1. The fourth-order valence-corrected chi connectivity index (χ4v) is 3.71. The molecule has 2 amide bonds. The number of methoxy groups -OCH3 is 1. The van der Waals surface area contributed by atoms with Crippen LogP contribution in [0.3, 0.4) is 0 Å². The number of thiophene rings is 1. The highest BCUT2D eigenvalue weighted by atomic mass is 32.1. The number of nitrogens with two attached hydrogens (primary N) is 1. The summed E-state index contributed by atoms with van der Waals surface area (Å²) in [4.78, 5) is 15.1. The number of hydrogen-bond donors (Lipinski definition) is 2. The monoisotopic (exact) mass is 328 g/mol. The number of nitrogens with zero attached hydrogens (tertiary/aromatic N) is 2. The number of nitrogen functional groups attached to an aromatic ring is 1. The third-order valence-electron chi connectivity index (χ3n) is 3.80. The molecule has 3 N–H and O–H groups in total. The van der Waals surface area contributed by atoms with Gasteiger partial charge in [-0.2, -0.15) is 5.26 Å². The number of hydrogen-bond acceptors (Lipinski definition) is 5. The Morgan fingerprint density at radius 1 is 1.52 bits per heavy atom. The Morgan fingerprint density at radius 3 is 3.09 bits per heavy atom. The van der Waals surface area contributed by atoms with E-state index in [1.165, 1.54) is 11.3 Å². The maximum absolute atomic E-state index is 12.4. The van der Waals surface area contributed by atoms with E-state index in [1.54, 1.807) is 18.1 Å². The van der Waals surface area contributed by atoms with Gasteiger partial charge in [-0.15, -0.1) is 11.3 Å². The van der Waals surface area contributed by atoms with Gasteiger partial charge in [-0.05, 0) is 24.1 Å². The predicted octanol–water partition coefficient (Wildman–Crippen LogP) is 2.80. The number of benzene rings is 1. The smallest absolute Gasteiger partial charge is 0.322 e. The number of amides is 2. The molecule has 0 atom stereocenters. The molecule has 3 rings (SSSR count). The molecule has 1 aliphatic rings. The fraction of sp³-hybridized carbons (Fsp3) is 0.250. The lowest BCUT2D eigenvalue weighted by Crippen LogP contribution is -2.38. The van der Waals surface area contributed by atoms with Gasteiger partial charge in [0.15, 0.2) is 0 Å². The first-order valence-corrected chi connectivity index (χ1v) is 7.94. The second-order valence-electron chi connectivity index (χ2n) is 5.19. The summed E-state index contributed by atoms with van der Waals surface area (Å²) in [7, 11) is 1.58. The molecule has 2 aromatic rings. The van der Waals surface area contributed by atoms with Crippen LogP contribution in [0.4, 0.5) is 15.5 Å². The van der Waals surface area contributed by atoms with Crippen molar-refractivity contribution in [2.45, 2.75) is 13.0 Å². The minimum atomic E-state index is -0.172. The van der Waals surface area contributed by atoms with Gasteiger partial charge >= 0.3 is 6.03 Å². The third kappa shape index (κ3) is 2.94. The molecule has 0 saturated heterocycles. The Hall–Kier alpha value is -2.72. The van der Waals surface area contributed by atoms with Gasteiger partial charge in [0.2, 0.25) is 0 Å². The molecule has 2 heterocycles. The topological polar surface area (TPSA) is 91.4 Å². The van der Waals surface area contributed by atoms with Crippen LogP contribution >= 0.6 is 11.3 Å². The van der Waals surface area contributed by atoms with E-state index < -0.39 is 0 Å². The number of fused-ring (bicyclic) bond motifs is 1. The van der Waals surface area contributed by atoms with E-state index >= 15 is 0 Å².